The van der Waals surface area contributed by atoms with Crippen molar-refractivity contribution in [3.05, 3.63) is 246 Å². The summed E-state index contributed by atoms with van der Waals surface area (Å²) in [5, 5.41) is 2.52. The molecule has 57 heavy (non-hydrogen) atoms. The summed E-state index contributed by atoms with van der Waals surface area (Å²) in [4.78, 5) is 2.51. The molecule has 0 fully saturated rings. The van der Waals surface area contributed by atoms with Crippen LogP contribution in [-0.4, -0.2) is 0 Å². The number of hydrogen-bond acceptors (Lipinski definition) is 1. The molecule has 0 atom stereocenters. The monoisotopic (exact) mass is 727 g/mol. The average molecular weight is 728 g/mol. The van der Waals surface area contributed by atoms with Crippen molar-refractivity contribution in [1.82, 2.24) is 0 Å². The summed E-state index contributed by atoms with van der Waals surface area (Å²) in [6.45, 7) is 4.74. The van der Waals surface area contributed by atoms with E-state index in [1.807, 2.05) is 0 Å². The van der Waals surface area contributed by atoms with E-state index in [1.54, 1.807) is 0 Å². The predicted octanol–water partition coefficient (Wildman–Crippen LogP) is 14.6. The van der Waals surface area contributed by atoms with E-state index in [9.17, 15) is 0 Å². The standard InChI is InChI=1S/C56H41N/c1-55(2)49-27-13-11-24-46(49)47-36-35-43(37-52(47)55)57(42-33-31-39(32-34-42)45-26-15-18-38-17-9-10-23-44(38)45)53-30-16-29-51-54(53)48-25-12-14-28-50(48)56(51,40-19-5-3-6-20-40)41-21-7-4-8-22-41/h3-37H,1-2H3. The Labute approximate surface area is 335 Å². The molecule has 9 aromatic carbocycles. The molecule has 0 radical (unpaired) electrons. The second-order valence-corrected chi connectivity index (χ2v) is 16.0. The van der Waals surface area contributed by atoms with Crippen LogP contribution < -0.4 is 4.90 Å². The largest absolute Gasteiger partial charge is 0.310 e. The molecular formula is C56H41N. The van der Waals surface area contributed by atoms with Gasteiger partial charge < -0.3 is 4.90 Å². The highest BCUT2D eigenvalue weighted by molar-refractivity contribution is 5.99. The summed E-state index contributed by atoms with van der Waals surface area (Å²) >= 11 is 0. The molecule has 0 N–H and O–H groups in total. The third-order valence-electron chi connectivity index (χ3n) is 12.8. The molecular weight excluding hydrogens is 687 g/mol. The lowest BCUT2D eigenvalue weighted by Crippen LogP contribution is -2.28. The highest BCUT2D eigenvalue weighted by atomic mass is 15.1. The molecule has 0 saturated heterocycles. The number of anilines is 3. The summed E-state index contributed by atoms with van der Waals surface area (Å²) in [5.41, 5.74) is 18.3. The summed E-state index contributed by atoms with van der Waals surface area (Å²) in [5.74, 6) is 0. The first kappa shape index (κ1) is 33.4. The maximum absolute atomic E-state index is 2.51. The number of benzene rings is 9. The van der Waals surface area contributed by atoms with Crippen molar-refractivity contribution < 1.29 is 0 Å². The van der Waals surface area contributed by atoms with E-state index in [0.717, 1.165) is 11.4 Å². The molecule has 1 heteroatoms. The Hall–Kier alpha value is -6.96. The first-order valence-corrected chi connectivity index (χ1v) is 20.0. The molecule has 2 aliphatic carbocycles. The lowest BCUT2D eigenvalue weighted by Gasteiger charge is -2.34. The van der Waals surface area contributed by atoms with Gasteiger partial charge >= 0.3 is 0 Å². The number of fused-ring (bicyclic) bond motifs is 7. The molecule has 0 heterocycles. The fraction of sp³-hybridized carbons (Fsp3) is 0.0714. The molecule has 0 aromatic heterocycles. The fourth-order valence-electron chi connectivity index (χ4n) is 10.2. The van der Waals surface area contributed by atoms with Crippen LogP contribution in [-0.2, 0) is 10.8 Å². The van der Waals surface area contributed by atoms with Crippen molar-refractivity contribution >= 4 is 27.8 Å². The lowest BCUT2D eigenvalue weighted by molar-refractivity contribution is 0.660. The van der Waals surface area contributed by atoms with Crippen molar-refractivity contribution in [1.29, 1.82) is 0 Å². The van der Waals surface area contributed by atoms with E-state index in [4.69, 9.17) is 0 Å². The lowest BCUT2D eigenvalue weighted by atomic mass is 9.68. The maximum atomic E-state index is 2.51. The third-order valence-corrected chi connectivity index (χ3v) is 12.8. The van der Waals surface area contributed by atoms with E-state index < -0.39 is 5.41 Å². The van der Waals surface area contributed by atoms with Crippen LogP contribution in [0.25, 0.3) is 44.2 Å². The van der Waals surface area contributed by atoms with Gasteiger partial charge in [-0.25, -0.2) is 0 Å². The van der Waals surface area contributed by atoms with Gasteiger partial charge in [0.05, 0.1) is 11.1 Å². The Kier molecular flexibility index (Phi) is 7.50. The van der Waals surface area contributed by atoms with Crippen LogP contribution in [0.15, 0.2) is 212 Å². The number of rotatable bonds is 6. The molecule has 270 valence electrons. The molecule has 0 unspecified atom stereocenters. The van der Waals surface area contributed by atoms with E-state index in [1.165, 1.54) is 83.2 Å². The summed E-state index contributed by atoms with van der Waals surface area (Å²) in [6, 6.07) is 78.7. The average Bonchev–Trinajstić information content (AvgIpc) is 3.71. The van der Waals surface area contributed by atoms with Gasteiger partial charge in [0.15, 0.2) is 0 Å². The van der Waals surface area contributed by atoms with E-state index in [-0.39, 0.29) is 5.41 Å². The second kappa shape index (κ2) is 12.8. The maximum Gasteiger partial charge on any atom is 0.0714 e. The van der Waals surface area contributed by atoms with Crippen LogP contribution in [0, 0.1) is 0 Å². The first-order valence-electron chi connectivity index (χ1n) is 20.0. The zero-order valence-corrected chi connectivity index (χ0v) is 32.2. The molecule has 0 aliphatic heterocycles. The minimum absolute atomic E-state index is 0.132. The van der Waals surface area contributed by atoms with Gasteiger partial charge in [0, 0.05) is 22.4 Å². The zero-order valence-electron chi connectivity index (χ0n) is 32.2. The molecule has 0 spiro atoms. The van der Waals surface area contributed by atoms with Crippen molar-refractivity contribution in [2.45, 2.75) is 24.7 Å². The van der Waals surface area contributed by atoms with Crippen LogP contribution in [0.1, 0.15) is 47.2 Å². The van der Waals surface area contributed by atoms with Gasteiger partial charge in [-0.1, -0.05) is 196 Å². The van der Waals surface area contributed by atoms with Gasteiger partial charge in [0.1, 0.15) is 0 Å². The molecule has 0 amide bonds. The number of nitrogens with zero attached hydrogens (tertiary/aromatic N) is 1. The van der Waals surface area contributed by atoms with Crippen molar-refractivity contribution in [3.8, 4) is 33.4 Å². The van der Waals surface area contributed by atoms with Crippen LogP contribution in [0.4, 0.5) is 17.1 Å². The van der Waals surface area contributed by atoms with Gasteiger partial charge in [-0.05, 0) is 102 Å². The number of hydrogen-bond donors (Lipinski definition) is 0. The molecule has 1 nitrogen and oxygen atoms in total. The van der Waals surface area contributed by atoms with Crippen molar-refractivity contribution in [2.75, 3.05) is 4.90 Å². The summed E-state index contributed by atoms with van der Waals surface area (Å²) in [6.07, 6.45) is 0. The minimum Gasteiger partial charge on any atom is -0.310 e. The molecule has 0 saturated carbocycles. The summed E-state index contributed by atoms with van der Waals surface area (Å²) < 4.78 is 0. The van der Waals surface area contributed by atoms with Crippen LogP contribution in [0.5, 0.6) is 0 Å². The highest BCUT2D eigenvalue weighted by Gasteiger charge is 2.47. The Morgan fingerprint density at radius 2 is 0.912 bits per heavy atom. The van der Waals surface area contributed by atoms with Gasteiger partial charge in [-0.2, -0.15) is 0 Å². The Balaban J connectivity index is 1.17. The molecule has 2 aliphatic rings. The molecule has 11 rings (SSSR count). The fourth-order valence-corrected chi connectivity index (χ4v) is 10.2. The SMILES string of the molecule is CC1(C)c2ccccc2-c2ccc(N(c3ccc(-c4cccc5ccccc45)cc3)c3cccc4c3-c3ccccc3C4(c3ccccc3)c3ccccc3)cc21. The van der Waals surface area contributed by atoms with Crippen LogP contribution in [0.3, 0.4) is 0 Å². The Morgan fingerprint density at radius 3 is 1.67 bits per heavy atom. The van der Waals surface area contributed by atoms with E-state index in [0.29, 0.717) is 0 Å². The van der Waals surface area contributed by atoms with Gasteiger partial charge in [-0.15, -0.1) is 0 Å². The second-order valence-electron chi connectivity index (χ2n) is 16.0. The first-order chi connectivity index (χ1) is 28.0. The minimum atomic E-state index is -0.490. The highest BCUT2D eigenvalue weighted by Crippen LogP contribution is 2.60. The third kappa shape index (κ3) is 4.89. The Morgan fingerprint density at radius 1 is 0.368 bits per heavy atom. The molecule has 0 bridgehead atoms. The van der Waals surface area contributed by atoms with Crippen LogP contribution in [0.2, 0.25) is 0 Å². The van der Waals surface area contributed by atoms with Crippen LogP contribution >= 0.6 is 0 Å². The van der Waals surface area contributed by atoms with E-state index in [2.05, 4.69) is 231 Å². The predicted molar refractivity (Wildman–Crippen MR) is 239 cm³/mol. The topological polar surface area (TPSA) is 3.24 Å². The smallest absolute Gasteiger partial charge is 0.0714 e. The normalized spacial score (nSPS) is 14.1. The van der Waals surface area contributed by atoms with Gasteiger partial charge in [0.2, 0.25) is 0 Å². The van der Waals surface area contributed by atoms with Gasteiger partial charge in [-0.3, -0.25) is 0 Å². The summed E-state index contributed by atoms with van der Waals surface area (Å²) in [7, 11) is 0. The zero-order chi connectivity index (χ0) is 38.1. The van der Waals surface area contributed by atoms with E-state index >= 15 is 0 Å². The quantitative estimate of drug-likeness (QED) is 0.165. The van der Waals surface area contributed by atoms with Crippen molar-refractivity contribution in [3.63, 3.8) is 0 Å². The van der Waals surface area contributed by atoms with Crippen molar-refractivity contribution in [2.24, 2.45) is 0 Å². The molecule has 9 aromatic rings. The Bertz CT molecular complexity index is 2930. The van der Waals surface area contributed by atoms with Gasteiger partial charge in [0.25, 0.3) is 0 Å².